The Labute approximate surface area is 156 Å². The number of aryl methyl sites for hydroxylation is 1. The van der Waals surface area contributed by atoms with Gasteiger partial charge in [-0.1, -0.05) is 0 Å². The monoisotopic (exact) mass is 395 g/mol. The molecule has 0 spiro atoms. The first-order valence-electron chi connectivity index (χ1n) is 8.22. The van der Waals surface area contributed by atoms with Crippen LogP contribution in [0, 0.1) is 18.7 Å². The van der Waals surface area contributed by atoms with Gasteiger partial charge in [0.05, 0.1) is 18.0 Å². The number of hydrogen-bond acceptors (Lipinski definition) is 5. The average molecular weight is 395 g/mol. The van der Waals surface area contributed by atoms with Crippen molar-refractivity contribution in [3.05, 3.63) is 53.1 Å². The minimum Gasteiger partial charge on any atom is -0.506 e. The van der Waals surface area contributed by atoms with Crippen molar-refractivity contribution in [2.24, 2.45) is 11.0 Å². The third kappa shape index (κ3) is 2.80. The molecule has 28 heavy (non-hydrogen) atoms. The number of halogens is 4. The fourth-order valence-electron chi connectivity index (χ4n) is 3.35. The van der Waals surface area contributed by atoms with Crippen LogP contribution in [0.1, 0.15) is 22.9 Å². The molecule has 1 aromatic heterocycles. The molecule has 4 rings (SSSR count). The lowest BCUT2D eigenvalue weighted by Crippen LogP contribution is -2.37. The highest BCUT2D eigenvalue weighted by Gasteiger charge is 2.55. The molecular formula is C18H13F4N3O3. The second-order valence-corrected chi connectivity index (χ2v) is 6.45. The Morgan fingerprint density at radius 3 is 2.57 bits per heavy atom. The largest absolute Gasteiger partial charge is 0.506 e. The predicted molar refractivity (Wildman–Crippen MR) is 89.0 cm³/mol. The van der Waals surface area contributed by atoms with Crippen molar-refractivity contribution >= 4 is 17.3 Å². The van der Waals surface area contributed by atoms with E-state index in [0.717, 1.165) is 24.3 Å². The summed E-state index contributed by atoms with van der Waals surface area (Å²) in [5.41, 5.74) is -0.635. The van der Waals surface area contributed by atoms with E-state index in [0.29, 0.717) is 10.6 Å². The summed E-state index contributed by atoms with van der Waals surface area (Å²) < 4.78 is 59.5. The third-order valence-corrected chi connectivity index (χ3v) is 4.70. The van der Waals surface area contributed by atoms with Gasteiger partial charge in [-0.05, 0) is 31.2 Å². The summed E-state index contributed by atoms with van der Waals surface area (Å²) in [5, 5.41) is 14.4. The van der Waals surface area contributed by atoms with E-state index >= 15 is 0 Å². The van der Waals surface area contributed by atoms with Crippen molar-refractivity contribution in [3.63, 3.8) is 0 Å². The van der Waals surface area contributed by atoms with Gasteiger partial charge in [0.15, 0.2) is 5.71 Å². The number of nitrogens with zero attached hydrogens (tertiary/aromatic N) is 3. The second-order valence-electron chi connectivity index (χ2n) is 6.45. The Hall–Kier alpha value is -3.01. The van der Waals surface area contributed by atoms with Crippen LogP contribution in [0.25, 0.3) is 0 Å². The van der Waals surface area contributed by atoms with Gasteiger partial charge >= 0.3 is 6.18 Å². The quantitative estimate of drug-likeness (QED) is 0.791. The van der Waals surface area contributed by atoms with Crippen molar-refractivity contribution in [2.75, 3.05) is 5.01 Å². The number of ether oxygens (including phenoxy) is 1. The molecule has 6 nitrogen and oxygen atoms in total. The Balaban J connectivity index is 1.80. The molecule has 10 heteroatoms. The maximum Gasteiger partial charge on any atom is 0.432 e. The second kappa shape index (κ2) is 6.26. The molecule has 0 radical (unpaired) electrons. The predicted octanol–water partition coefficient (Wildman–Crippen LogP) is 3.39. The number of fused-ring (bicyclic) bond motifs is 1. The lowest BCUT2D eigenvalue weighted by molar-refractivity contribution is -0.125. The SMILES string of the molecule is Cc1ncc2c(c1O)[C@@H]([C@@H]1C(=O)N(c3ccc(F)cc3)N=C1C(F)(F)F)OC2. The molecule has 3 heterocycles. The van der Waals surface area contributed by atoms with Crippen LogP contribution >= 0.6 is 0 Å². The Kier molecular flexibility index (Phi) is 4.11. The van der Waals surface area contributed by atoms with E-state index in [2.05, 4.69) is 10.1 Å². The summed E-state index contributed by atoms with van der Waals surface area (Å²) >= 11 is 0. The smallest absolute Gasteiger partial charge is 0.432 e. The van der Waals surface area contributed by atoms with Crippen LogP contribution in [-0.2, 0) is 16.1 Å². The van der Waals surface area contributed by atoms with E-state index in [1.54, 1.807) is 0 Å². The van der Waals surface area contributed by atoms with Gasteiger partial charge in [-0.15, -0.1) is 0 Å². The van der Waals surface area contributed by atoms with Crippen molar-refractivity contribution in [1.29, 1.82) is 0 Å². The van der Waals surface area contributed by atoms with E-state index < -0.39 is 35.6 Å². The first kappa shape index (κ1) is 18.4. The molecular weight excluding hydrogens is 382 g/mol. The van der Waals surface area contributed by atoms with Crippen molar-refractivity contribution in [3.8, 4) is 5.75 Å². The third-order valence-electron chi connectivity index (χ3n) is 4.70. The minimum absolute atomic E-state index is 0.0102. The maximum absolute atomic E-state index is 13.6. The molecule has 146 valence electrons. The molecule has 1 amide bonds. The number of carbonyl (C=O) groups excluding carboxylic acids is 1. The van der Waals surface area contributed by atoms with Crippen LogP contribution in [0.3, 0.4) is 0 Å². The summed E-state index contributed by atoms with van der Waals surface area (Å²) in [5.74, 6) is -3.70. The highest BCUT2D eigenvalue weighted by Crippen LogP contribution is 2.47. The van der Waals surface area contributed by atoms with Gasteiger partial charge in [-0.2, -0.15) is 23.3 Å². The topological polar surface area (TPSA) is 75.0 Å². The average Bonchev–Trinajstić information content (AvgIpc) is 3.20. The summed E-state index contributed by atoms with van der Waals surface area (Å²) in [6, 6.07) is 4.34. The van der Waals surface area contributed by atoms with E-state index in [9.17, 15) is 27.5 Å². The fourth-order valence-corrected chi connectivity index (χ4v) is 3.35. The van der Waals surface area contributed by atoms with Gasteiger partial charge in [0.1, 0.15) is 23.6 Å². The Morgan fingerprint density at radius 2 is 1.93 bits per heavy atom. The highest BCUT2D eigenvalue weighted by molar-refractivity contribution is 6.18. The van der Waals surface area contributed by atoms with Gasteiger partial charge in [0.2, 0.25) is 0 Å². The van der Waals surface area contributed by atoms with Crippen molar-refractivity contribution in [1.82, 2.24) is 4.98 Å². The number of amides is 1. The molecule has 0 unspecified atom stereocenters. The van der Waals surface area contributed by atoms with Crippen LogP contribution in [0.5, 0.6) is 5.75 Å². The molecule has 0 saturated carbocycles. The van der Waals surface area contributed by atoms with Gasteiger partial charge in [0, 0.05) is 17.3 Å². The summed E-state index contributed by atoms with van der Waals surface area (Å²) in [7, 11) is 0. The number of hydrazone groups is 1. The number of aromatic nitrogens is 1. The molecule has 2 aromatic rings. The Bertz CT molecular complexity index is 989. The van der Waals surface area contributed by atoms with Crippen LogP contribution in [0.15, 0.2) is 35.6 Å². The van der Waals surface area contributed by atoms with E-state index in [1.165, 1.54) is 13.1 Å². The van der Waals surface area contributed by atoms with E-state index in [4.69, 9.17) is 4.74 Å². The minimum atomic E-state index is -4.90. The summed E-state index contributed by atoms with van der Waals surface area (Å²) in [6.45, 7) is 1.40. The molecule has 0 bridgehead atoms. The lowest BCUT2D eigenvalue weighted by Gasteiger charge is -2.21. The first-order chi connectivity index (χ1) is 13.2. The number of carbonyl (C=O) groups is 1. The number of aromatic hydroxyl groups is 1. The summed E-state index contributed by atoms with van der Waals surface area (Å²) in [4.78, 5) is 16.8. The van der Waals surface area contributed by atoms with Crippen molar-refractivity contribution in [2.45, 2.75) is 25.8 Å². The summed E-state index contributed by atoms with van der Waals surface area (Å²) in [6.07, 6.45) is -4.87. The molecule has 0 saturated heterocycles. The first-order valence-corrected chi connectivity index (χ1v) is 8.22. The van der Waals surface area contributed by atoms with Crippen molar-refractivity contribution < 1.29 is 32.2 Å². The van der Waals surface area contributed by atoms with Crippen LogP contribution < -0.4 is 5.01 Å². The number of anilines is 1. The van der Waals surface area contributed by atoms with Crippen LogP contribution in [-0.4, -0.2) is 27.9 Å². The number of pyridine rings is 1. The molecule has 2 atom stereocenters. The highest BCUT2D eigenvalue weighted by atomic mass is 19.4. The van der Waals surface area contributed by atoms with Gasteiger partial charge < -0.3 is 9.84 Å². The molecule has 1 N–H and O–H groups in total. The van der Waals surface area contributed by atoms with Gasteiger partial charge in [0.25, 0.3) is 5.91 Å². The van der Waals surface area contributed by atoms with Gasteiger partial charge in [-0.25, -0.2) is 4.39 Å². The zero-order chi connectivity index (χ0) is 20.2. The zero-order valence-corrected chi connectivity index (χ0v) is 14.4. The fraction of sp³-hybridized carbons (Fsp3) is 0.278. The van der Waals surface area contributed by atoms with Crippen LogP contribution in [0.4, 0.5) is 23.2 Å². The lowest BCUT2D eigenvalue weighted by atomic mass is 9.89. The number of hydrogen-bond donors (Lipinski definition) is 1. The molecule has 0 aliphatic carbocycles. The number of rotatable bonds is 2. The molecule has 2 aliphatic rings. The van der Waals surface area contributed by atoms with Crippen LogP contribution in [0.2, 0.25) is 0 Å². The zero-order valence-electron chi connectivity index (χ0n) is 14.4. The van der Waals surface area contributed by atoms with E-state index in [1.807, 2.05) is 0 Å². The Morgan fingerprint density at radius 1 is 1.25 bits per heavy atom. The molecule has 2 aliphatic heterocycles. The molecule has 0 fully saturated rings. The van der Waals surface area contributed by atoms with E-state index in [-0.39, 0.29) is 29.3 Å². The maximum atomic E-state index is 13.6. The number of alkyl halides is 3. The number of benzene rings is 1. The molecule has 1 aromatic carbocycles. The van der Waals surface area contributed by atoms with Gasteiger partial charge in [-0.3, -0.25) is 9.78 Å². The standard InChI is InChI=1S/C18H13F4N3O3/c1-8-14(26)12-9(6-23-8)7-28-15(12)13-16(18(20,21)22)24-25(17(13)27)11-4-2-10(19)3-5-11/h2-6,13,15,26H,7H2,1H3/t13-,15-/m0/s1. The normalized spacial score (nSPS) is 21.8.